The molecule has 3 rings (SSSR count). The van der Waals surface area contributed by atoms with Gasteiger partial charge in [-0.25, -0.2) is 4.79 Å². The molecule has 8 nitrogen and oxygen atoms in total. The minimum atomic E-state index is -0.535. The quantitative estimate of drug-likeness (QED) is 0.101. The SMILES string of the molecule is CCOC(=O)c1c(NCCBr)sc(N=Nc2ccc([N+](=O)[O-])cc2Cl)c1-c1ccccc1. The number of benzene rings is 2. The Morgan fingerprint density at radius 3 is 2.62 bits per heavy atom. The van der Waals surface area contributed by atoms with Crippen molar-refractivity contribution in [3.05, 3.63) is 69.2 Å². The molecular weight excluding hydrogens is 520 g/mol. The molecule has 0 radical (unpaired) electrons. The number of hydrogen-bond donors (Lipinski definition) is 1. The van der Waals surface area contributed by atoms with E-state index in [-0.39, 0.29) is 23.0 Å². The third-order valence-corrected chi connectivity index (χ3v) is 5.93. The molecule has 0 fully saturated rings. The number of nitro benzene ring substituents is 1. The zero-order chi connectivity index (χ0) is 23.1. The van der Waals surface area contributed by atoms with Crippen LogP contribution in [0.1, 0.15) is 17.3 Å². The van der Waals surface area contributed by atoms with Crippen LogP contribution in [0.3, 0.4) is 0 Å². The van der Waals surface area contributed by atoms with Crippen LogP contribution in [0.4, 0.5) is 21.4 Å². The van der Waals surface area contributed by atoms with Crippen LogP contribution in [-0.2, 0) is 4.74 Å². The van der Waals surface area contributed by atoms with E-state index in [1.807, 2.05) is 30.3 Å². The number of thiophene rings is 1. The minimum Gasteiger partial charge on any atom is -0.462 e. The van der Waals surface area contributed by atoms with Crippen molar-refractivity contribution in [1.29, 1.82) is 0 Å². The van der Waals surface area contributed by atoms with E-state index in [1.54, 1.807) is 6.92 Å². The molecule has 1 heterocycles. The number of hydrogen-bond acceptors (Lipinski definition) is 8. The van der Waals surface area contributed by atoms with Crippen molar-refractivity contribution in [2.75, 3.05) is 23.8 Å². The number of ether oxygens (including phenoxy) is 1. The summed E-state index contributed by atoms with van der Waals surface area (Å²) in [5, 5.41) is 24.6. The number of alkyl halides is 1. The number of azo groups is 1. The van der Waals surface area contributed by atoms with Gasteiger partial charge in [-0.2, -0.15) is 0 Å². The van der Waals surface area contributed by atoms with Gasteiger partial charge in [0.05, 0.1) is 16.6 Å². The van der Waals surface area contributed by atoms with E-state index in [0.29, 0.717) is 33.0 Å². The number of nitrogens with zero attached hydrogens (tertiary/aromatic N) is 3. The lowest BCUT2D eigenvalue weighted by atomic mass is 10.0. The number of nitro groups is 1. The largest absolute Gasteiger partial charge is 0.462 e. The summed E-state index contributed by atoms with van der Waals surface area (Å²) < 4.78 is 5.30. The third kappa shape index (κ3) is 5.50. The van der Waals surface area contributed by atoms with Crippen molar-refractivity contribution >= 4 is 66.2 Å². The van der Waals surface area contributed by atoms with Crippen LogP contribution in [0.2, 0.25) is 5.02 Å². The molecule has 0 saturated heterocycles. The zero-order valence-corrected chi connectivity index (χ0v) is 20.0. The summed E-state index contributed by atoms with van der Waals surface area (Å²) in [5.74, 6) is -0.463. The van der Waals surface area contributed by atoms with Gasteiger partial charge >= 0.3 is 5.97 Å². The van der Waals surface area contributed by atoms with Crippen LogP contribution in [0.25, 0.3) is 11.1 Å². The van der Waals surface area contributed by atoms with Gasteiger partial charge in [-0.1, -0.05) is 69.2 Å². The number of rotatable bonds is 9. The number of nitrogens with one attached hydrogen (secondary N) is 1. The van der Waals surface area contributed by atoms with Gasteiger partial charge in [0.2, 0.25) is 0 Å². The molecule has 1 aromatic heterocycles. The molecule has 0 aliphatic rings. The standard InChI is InChI=1S/C21H18BrClN4O4S/c1-2-31-21(28)18-17(13-6-4-3-5-7-13)20(32-19(18)24-11-10-22)26-25-16-9-8-14(27(29)30)12-15(16)23/h3-9,12,24H,2,10-11H2,1H3. The first kappa shape index (κ1) is 23.8. The van der Waals surface area contributed by atoms with Crippen LogP contribution in [0.5, 0.6) is 0 Å². The van der Waals surface area contributed by atoms with Crippen molar-refractivity contribution < 1.29 is 14.5 Å². The Morgan fingerprint density at radius 2 is 2.00 bits per heavy atom. The van der Waals surface area contributed by atoms with Gasteiger partial charge in [0.1, 0.15) is 21.3 Å². The van der Waals surface area contributed by atoms with Crippen molar-refractivity contribution in [3.63, 3.8) is 0 Å². The molecule has 0 unspecified atom stereocenters. The first-order chi connectivity index (χ1) is 15.5. The highest BCUT2D eigenvalue weighted by Gasteiger charge is 2.26. The van der Waals surface area contributed by atoms with Gasteiger partial charge in [-0.3, -0.25) is 10.1 Å². The molecule has 3 aromatic rings. The molecule has 2 aromatic carbocycles. The molecule has 0 aliphatic carbocycles. The topological polar surface area (TPSA) is 106 Å². The van der Waals surface area contributed by atoms with Crippen molar-refractivity contribution in [1.82, 2.24) is 0 Å². The predicted octanol–water partition coefficient (Wildman–Crippen LogP) is 7.38. The average molecular weight is 538 g/mol. The first-order valence-electron chi connectivity index (χ1n) is 9.51. The summed E-state index contributed by atoms with van der Waals surface area (Å²) in [4.78, 5) is 23.2. The molecule has 0 saturated carbocycles. The summed E-state index contributed by atoms with van der Waals surface area (Å²) in [6.45, 7) is 2.57. The molecule has 0 bridgehead atoms. The fourth-order valence-corrected chi connectivity index (χ4v) is 4.30. The molecule has 0 spiro atoms. The molecule has 0 atom stereocenters. The number of carbonyl (C=O) groups excluding carboxylic acids is 1. The van der Waals surface area contributed by atoms with E-state index >= 15 is 0 Å². The van der Waals surface area contributed by atoms with E-state index < -0.39 is 10.9 Å². The van der Waals surface area contributed by atoms with Crippen molar-refractivity contribution in [2.45, 2.75) is 6.92 Å². The fourth-order valence-electron chi connectivity index (χ4n) is 2.84. The molecule has 0 aliphatic heterocycles. The Hall–Kier alpha value is -2.82. The lowest BCUT2D eigenvalue weighted by molar-refractivity contribution is -0.384. The molecular formula is C21H18BrClN4O4S. The summed E-state index contributed by atoms with van der Waals surface area (Å²) in [5.41, 5.74) is 1.89. The lowest BCUT2D eigenvalue weighted by Gasteiger charge is -2.08. The lowest BCUT2D eigenvalue weighted by Crippen LogP contribution is -2.10. The van der Waals surface area contributed by atoms with Gasteiger partial charge in [-0.05, 0) is 18.6 Å². The Labute approximate surface area is 201 Å². The van der Waals surface area contributed by atoms with Gasteiger partial charge < -0.3 is 10.1 Å². The van der Waals surface area contributed by atoms with Crippen LogP contribution < -0.4 is 5.32 Å². The number of halogens is 2. The first-order valence-corrected chi connectivity index (χ1v) is 11.8. The normalized spacial score (nSPS) is 11.0. The summed E-state index contributed by atoms with van der Waals surface area (Å²) in [6.07, 6.45) is 0. The average Bonchev–Trinajstić information content (AvgIpc) is 3.16. The minimum absolute atomic E-state index is 0.101. The Morgan fingerprint density at radius 1 is 1.25 bits per heavy atom. The van der Waals surface area contributed by atoms with Gasteiger partial charge in [-0.15, -0.1) is 10.2 Å². The molecule has 11 heteroatoms. The number of esters is 1. The Balaban J connectivity index is 2.13. The van der Waals surface area contributed by atoms with Gasteiger partial charge in [0.25, 0.3) is 5.69 Å². The number of carbonyl (C=O) groups is 1. The predicted molar refractivity (Wildman–Crippen MR) is 130 cm³/mol. The second-order valence-corrected chi connectivity index (χ2v) is 8.48. The molecule has 166 valence electrons. The Bertz CT molecular complexity index is 1150. The van der Waals surface area contributed by atoms with Crippen LogP contribution in [-0.4, -0.2) is 29.4 Å². The number of non-ortho nitro benzene ring substituents is 1. The molecule has 1 N–H and O–H groups in total. The van der Waals surface area contributed by atoms with Crippen LogP contribution in [0, 0.1) is 10.1 Å². The van der Waals surface area contributed by atoms with E-state index in [2.05, 4.69) is 31.5 Å². The summed E-state index contributed by atoms with van der Waals surface area (Å²) in [7, 11) is 0. The van der Waals surface area contributed by atoms with Crippen molar-refractivity contribution in [2.24, 2.45) is 10.2 Å². The zero-order valence-electron chi connectivity index (χ0n) is 16.9. The summed E-state index contributed by atoms with van der Waals surface area (Å²) in [6, 6.07) is 13.3. The third-order valence-electron chi connectivity index (χ3n) is 4.20. The van der Waals surface area contributed by atoms with E-state index in [9.17, 15) is 14.9 Å². The Kier molecular flexibility index (Phi) is 8.32. The van der Waals surface area contributed by atoms with E-state index in [1.165, 1.54) is 29.5 Å². The highest BCUT2D eigenvalue weighted by atomic mass is 79.9. The fraction of sp³-hybridized carbons (Fsp3) is 0.190. The van der Waals surface area contributed by atoms with Gasteiger partial charge in [0.15, 0.2) is 0 Å². The monoisotopic (exact) mass is 536 g/mol. The van der Waals surface area contributed by atoms with Gasteiger partial charge in [0, 0.05) is 29.6 Å². The second-order valence-electron chi connectivity index (χ2n) is 6.28. The van der Waals surface area contributed by atoms with Crippen molar-refractivity contribution in [3.8, 4) is 11.1 Å². The van der Waals surface area contributed by atoms with E-state index in [0.717, 1.165) is 5.56 Å². The maximum atomic E-state index is 12.8. The van der Waals surface area contributed by atoms with E-state index in [4.69, 9.17) is 16.3 Å². The van der Waals surface area contributed by atoms with Crippen LogP contribution >= 0.6 is 38.9 Å². The maximum Gasteiger partial charge on any atom is 0.341 e. The highest BCUT2D eigenvalue weighted by molar-refractivity contribution is 9.09. The maximum absolute atomic E-state index is 12.8. The number of anilines is 1. The highest BCUT2D eigenvalue weighted by Crippen LogP contribution is 2.47. The summed E-state index contributed by atoms with van der Waals surface area (Å²) >= 11 is 10.8. The smallest absolute Gasteiger partial charge is 0.341 e. The molecule has 0 amide bonds. The van der Waals surface area contributed by atoms with Crippen LogP contribution in [0.15, 0.2) is 58.8 Å². The molecule has 32 heavy (non-hydrogen) atoms. The second kappa shape index (κ2) is 11.2.